The number of aromatic amines is 1. The van der Waals surface area contributed by atoms with Gasteiger partial charge in [-0.1, -0.05) is 12.1 Å². The molecule has 1 atom stereocenters. The summed E-state index contributed by atoms with van der Waals surface area (Å²) in [5.74, 6) is -0.123. The lowest BCUT2D eigenvalue weighted by molar-refractivity contribution is 0.100. The average molecular weight is 281 g/mol. The van der Waals surface area contributed by atoms with Crippen molar-refractivity contribution in [1.82, 2.24) is 15.1 Å². The monoisotopic (exact) mass is 281 g/mol. The van der Waals surface area contributed by atoms with Crippen LogP contribution in [-0.4, -0.2) is 34.1 Å². The van der Waals surface area contributed by atoms with Crippen molar-refractivity contribution < 1.29 is 4.79 Å². The highest BCUT2D eigenvalue weighted by molar-refractivity contribution is 5.93. The maximum atomic E-state index is 11.1. The molecule has 0 aliphatic carbocycles. The van der Waals surface area contributed by atoms with Gasteiger partial charge in [-0.25, -0.2) is 0 Å². The molecule has 1 aromatic heterocycles. The van der Waals surface area contributed by atoms with Crippen LogP contribution in [0.5, 0.6) is 0 Å². The Labute approximate surface area is 122 Å². The van der Waals surface area contributed by atoms with Crippen molar-refractivity contribution in [2.75, 3.05) is 13.1 Å². The van der Waals surface area contributed by atoms with Crippen molar-refractivity contribution in [3.63, 3.8) is 0 Å². The molecule has 2 heterocycles. The lowest BCUT2D eigenvalue weighted by Gasteiger charge is -2.06. The van der Waals surface area contributed by atoms with Crippen LogP contribution in [-0.2, 0) is 0 Å². The zero-order valence-corrected chi connectivity index (χ0v) is 11.4. The van der Waals surface area contributed by atoms with E-state index in [1.54, 1.807) is 17.0 Å². The number of nitriles is 1. The molecular formula is C15H15N5O. The second kappa shape index (κ2) is 5.29. The molecule has 0 saturated carbocycles. The molecule has 1 aliphatic heterocycles. The van der Waals surface area contributed by atoms with Crippen LogP contribution in [0.3, 0.4) is 0 Å². The molecule has 1 fully saturated rings. The number of aromatic nitrogens is 2. The van der Waals surface area contributed by atoms with E-state index in [9.17, 15) is 4.79 Å². The highest BCUT2D eigenvalue weighted by atomic mass is 16.1. The molecule has 0 bridgehead atoms. The van der Waals surface area contributed by atoms with E-state index < -0.39 is 5.91 Å². The Hall–Kier alpha value is -2.81. The topological polar surface area (TPSA) is 98.8 Å². The van der Waals surface area contributed by atoms with E-state index in [-0.39, 0.29) is 0 Å². The van der Waals surface area contributed by atoms with Gasteiger partial charge < -0.3 is 10.6 Å². The first-order valence-electron chi connectivity index (χ1n) is 6.77. The Bertz CT molecular complexity index is 698. The Morgan fingerprint density at radius 2 is 2.19 bits per heavy atom. The fourth-order valence-corrected chi connectivity index (χ4v) is 2.60. The molecule has 1 unspecified atom stereocenters. The second-order valence-electron chi connectivity index (χ2n) is 5.18. The molecule has 0 spiro atoms. The fraction of sp³-hybridized carbons (Fsp3) is 0.267. The van der Waals surface area contributed by atoms with Gasteiger partial charge in [-0.05, 0) is 24.6 Å². The smallest absolute Gasteiger partial charge is 0.248 e. The number of nitrogens with zero attached hydrogens (tertiary/aromatic N) is 3. The van der Waals surface area contributed by atoms with Gasteiger partial charge in [0.1, 0.15) is 0 Å². The number of benzene rings is 1. The van der Waals surface area contributed by atoms with Crippen LogP contribution < -0.4 is 5.73 Å². The zero-order valence-electron chi connectivity index (χ0n) is 11.4. The van der Waals surface area contributed by atoms with Gasteiger partial charge in [0.25, 0.3) is 0 Å². The van der Waals surface area contributed by atoms with E-state index in [1.165, 1.54) is 0 Å². The maximum absolute atomic E-state index is 11.1. The summed E-state index contributed by atoms with van der Waals surface area (Å²) in [6.07, 6.45) is 3.13. The van der Waals surface area contributed by atoms with Crippen LogP contribution in [0.1, 0.15) is 28.4 Å². The molecule has 6 heteroatoms. The number of primary amides is 1. The molecule has 3 rings (SSSR count). The number of rotatable bonds is 3. The van der Waals surface area contributed by atoms with Gasteiger partial charge in [0.2, 0.25) is 5.91 Å². The van der Waals surface area contributed by atoms with Crippen LogP contribution >= 0.6 is 0 Å². The quantitative estimate of drug-likeness (QED) is 0.832. The van der Waals surface area contributed by atoms with Crippen LogP contribution in [0.2, 0.25) is 0 Å². The van der Waals surface area contributed by atoms with E-state index in [0.29, 0.717) is 11.5 Å². The third-order valence-corrected chi connectivity index (χ3v) is 3.83. The first-order valence-corrected chi connectivity index (χ1v) is 6.77. The number of carbonyl (C=O) groups is 1. The summed E-state index contributed by atoms with van der Waals surface area (Å²) in [5, 5.41) is 16.3. The van der Waals surface area contributed by atoms with Crippen LogP contribution in [0.15, 0.2) is 30.3 Å². The molecular weight excluding hydrogens is 266 g/mol. The number of H-pyrrole nitrogens is 1. The van der Waals surface area contributed by atoms with Gasteiger partial charge in [0.05, 0.1) is 5.69 Å². The van der Waals surface area contributed by atoms with Crippen molar-refractivity contribution >= 4 is 5.91 Å². The van der Waals surface area contributed by atoms with E-state index in [2.05, 4.69) is 16.4 Å². The minimum absolute atomic E-state index is 0.316. The Morgan fingerprint density at radius 3 is 2.81 bits per heavy atom. The van der Waals surface area contributed by atoms with Gasteiger partial charge in [-0.3, -0.25) is 9.89 Å². The third kappa shape index (κ3) is 2.58. The van der Waals surface area contributed by atoms with Crippen molar-refractivity contribution in [1.29, 1.82) is 5.26 Å². The van der Waals surface area contributed by atoms with E-state index >= 15 is 0 Å². The van der Waals surface area contributed by atoms with Crippen LogP contribution in [0.4, 0.5) is 0 Å². The minimum Gasteiger partial charge on any atom is -0.366 e. The number of amides is 1. The summed E-state index contributed by atoms with van der Waals surface area (Å²) >= 11 is 0. The van der Waals surface area contributed by atoms with Gasteiger partial charge >= 0.3 is 0 Å². The molecule has 2 aromatic rings. The fourth-order valence-electron chi connectivity index (χ4n) is 2.60. The van der Waals surface area contributed by atoms with Crippen LogP contribution in [0, 0.1) is 11.5 Å². The predicted molar refractivity (Wildman–Crippen MR) is 77.1 cm³/mol. The number of likely N-dealkylation sites (tertiary alicyclic amines) is 1. The average Bonchev–Trinajstić information content (AvgIpc) is 3.16. The van der Waals surface area contributed by atoms with Crippen molar-refractivity contribution in [2.24, 2.45) is 5.73 Å². The molecule has 3 N–H and O–H groups in total. The number of carbonyl (C=O) groups excluding carboxylic acids is 1. The van der Waals surface area contributed by atoms with Crippen molar-refractivity contribution in [3.8, 4) is 17.5 Å². The third-order valence-electron chi connectivity index (χ3n) is 3.83. The van der Waals surface area contributed by atoms with E-state index in [0.717, 1.165) is 36.5 Å². The summed E-state index contributed by atoms with van der Waals surface area (Å²) in [6, 6.07) is 9.05. The molecule has 1 aromatic carbocycles. The molecule has 1 saturated heterocycles. The standard InChI is InChI=1S/C15H15N5O/c16-9-20-6-5-12(8-20)14-7-13(18-19-14)10-1-3-11(4-2-10)15(17)21/h1-4,7,12H,5-6,8H2,(H2,17,21)(H,18,19). The lowest BCUT2D eigenvalue weighted by atomic mass is 10.0. The SMILES string of the molecule is N#CN1CCC(c2cc(-c3ccc(C(N)=O)cc3)n[nH]2)C1. The molecule has 1 aliphatic rings. The highest BCUT2D eigenvalue weighted by Crippen LogP contribution is 2.28. The number of hydrogen-bond acceptors (Lipinski definition) is 4. The highest BCUT2D eigenvalue weighted by Gasteiger charge is 2.24. The van der Waals surface area contributed by atoms with E-state index in [1.807, 2.05) is 18.2 Å². The summed E-state index contributed by atoms with van der Waals surface area (Å²) < 4.78 is 0. The molecule has 1 amide bonds. The number of hydrogen-bond donors (Lipinski definition) is 2. The lowest BCUT2D eigenvalue weighted by Crippen LogP contribution is -2.12. The normalized spacial score (nSPS) is 17.7. The molecule has 0 radical (unpaired) electrons. The van der Waals surface area contributed by atoms with Gasteiger partial charge in [0, 0.05) is 35.8 Å². The first-order chi connectivity index (χ1) is 10.2. The maximum Gasteiger partial charge on any atom is 0.248 e. The first kappa shape index (κ1) is 13.2. The van der Waals surface area contributed by atoms with Gasteiger partial charge in [-0.15, -0.1) is 0 Å². The Balaban J connectivity index is 1.79. The summed E-state index contributed by atoms with van der Waals surface area (Å²) in [7, 11) is 0. The van der Waals surface area contributed by atoms with Gasteiger partial charge in [0.15, 0.2) is 6.19 Å². The summed E-state index contributed by atoms with van der Waals surface area (Å²) in [5.41, 5.74) is 8.51. The number of nitrogens with two attached hydrogens (primary N) is 1. The van der Waals surface area contributed by atoms with Crippen molar-refractivity contribution in [2.45, 2.75) is 12.3 Å². The largest absolute Gasteiger partial charge is 0.366 e. The minimum atomic E-state index is -0.438. The summed E-state index contributed by atoms with van der Waals surface area (Å²) in [6.45, 7) is 1.53. The molecule has 106 valence electrons. The Kier molecular flexibility index (Phi) is 3.32. The van der Waals surface area contributed by atoms with Gasteiger partial charge in [-0.2, -0.15) is 10.4 Å². The molecule has 6 nitrogen and oxygen atoms in total. The molecule has 21 heavy (non-hydrogen) atoms. The second-order valence-corrected chi connectivity index (χ2v) is 5.18. The summed E-state index contributed by atoms with van der Waals surface area (Å²) in [4.78, 5) is 12.8. The van der Waals surface area contributed by atoms with Crippen molar-refractivity contribution in [3.05, 3.63) is 41.6 Å². The van der Waals surface area contributed by atoms with Crippen LogP contribution in [0.25, 0.3) is 11.3 Å². The Morgan fingerprint density at radius 1 is 1.43 bits per heavy atom. The van der Waals surface area contributed by atoms with E-state index in [4.69, 9.17) is 11.0 Å². The zero-order chi connectivity index (χ0) is 14.8. The predicted octanol–water partition coefficient (Wildman–Crippen LogP) is 1.45. The number of nitrogens with one attached hydrogen (secondary N) is 1.